The molecule has 0 radical (unpaired) electrons. The molecule has 3 unspecified atom stereocenters. The van der Waals surface area contributed by atoms with Crippen LogP contribution in [0.5, 0.6) is 5.75 Å². The number of primary amides is 1. The molecule has 0 aliphatic carbocycles. The number of amides is 4. The topological polar surface area (TPSA) is 214 Å². The number of aliphatic carboxylic acids is 1. The monoisotopic (exact) mass is 497 g/mol. The van der Waals surface area contributed by atoms with Crippen LogP contribution in [0.1, 0.15) is 24.8 Å². The zero-order valence-electron chi connectivity index (χ0n) is 18.8. The molecule has 0 bridgehead atoms. The van der Waals surface area contributed by atoms with Crippen molar-refractivity contribution < 1.29 is 34.2 Å². The molecule has 13 heteroatoms. The number of aromatic hydroxyl groups is 1. The molecule has 0 aromatic heterocycles. The maximum absolute atomic E-state index is 13.0. The lowest BCUT2D eigenvalue weighted by Crippen LogP contribution is -2.57. The lowest BCUT2D eigenvalue weighted by atomic mass is 10.0. The predicted molar refractivity (Wildman–Crippen MR) is 126 cm³/mol. The average Bonchev–Trinajstić information content (AvgIpc) is 2.79. The second-order valence-electron chi connectivity index (χ2n) is 7.44. The molecule has 188 valence electrons. The minimum atomic E-state index is -1.22. The van der Waals surface area contributed by atoms with Crippen molar-refractivity contribution >= 4 is 41.4 Å². The molecule has 12 nitrogen and oxygen atoms in total. The number of nitrogens with one attached hydrogen (secondary N) is 3. The minimum Gasteiger partial charge on any atom is -0.508 e. The van der Waals surface area contributed by atoms with Crippen LogP contribution in [0.2, 0.25) is 0 Å². The Kier molecular flexibility index (Phi) is 12.5. The van der Waals surface area contributed by atoms with Crippen LogP contribution in [-0.4, -0.2) is 76.5 Å². The summed E-state index contributed by atoms with van der Waals surface area (Å²) in [5.74, 6) is -3.55. The highest BCUT2D eigenvalue weighted by Gasteiger charge is 2.29. The SMILES string of the molecule is CSCCC(NC(=O)C(Cc1ccc(O)cc1)NC(=O)C(CCC(N)=O)NC(=O)CN)C(=O)O. The Morgan fingerprint density at radius 3 is 2.06 bits per heavy atom. The molecular formula is C21H31N5O7S. The summed E-state index contributed by atoms with van der Waals surface area (Å²) in [4.78, 5) is 60.3. The molecule has 0 saturated heterocycles. The number of phenolic OH excluding ortho intramolecular Hbond substituents is 1. The van der Waals surface area contributed by atoms with Crippen molar-refractivity contribution in [2.24, 2.45) is 11.5 Å². The molecule has 34 heavy (non-hydrogen) atoms. The van der Waals surface area contributed by atoms with E-state index in [1.807, 2.05) is 0 Å². The van der Waals surface area contributed by atoms with E-state index in [4.69, 9.17) is 11.5 Å². The van der Waals surface area contributed by atoms with E-state index in [0.29, 0.717) is 11.3 Å². The van der Waals surface area contributed by atoms with Gasteiger partial charge in [0, 0.05) is 12.8 Å². The molecule has 0 spiro atoms. The number of rotatable bonds is 15. The van der Waals surface area contributed by atoms with Crippen LogP contribution in [0.3, 0.4) is 0 Å². The van der Waals surface area contributed by atoms with E-state index < -0.39 is 54.3 Å². The number of hydrogen-bond acceptors (Lipinski definition) is 8. The number of carbonyl (C=O) groups is 5. The van der Waals surface area contributed by atoms with E-state index in [9.17, 15) is 34.2 Å². The second-order valence-corrected chi connectivity index (χ2v) is 8.43. The van der Waals surface area contributed by atoms with E-state index in [1.165, 1.54) is 23.9 Å². The maximum atomic E-state index is 13.0. The molecule has 4 amide bonds. The van der Waals surface area contributed by atoms with Gasteiger partial charge in [0.25, 0.3) is 0 Å². The number of thioether (sulfide) groups is 1. The van der Waals surface area contributed by atoms with Gasteiger partial charge in [0.15, 0.2) is 0 Å². The van der Waals surface area contributed by atoms with Crippen molar-refractivity contribution in [1.29, 1.82) is 0 Å². The Morgan fingerprint density at radius 1 is 0.941 bits per heavy atom. The highest BCUT2D eigenvalue weighted by Crippen LogP contribution is 2.12. The first-order chi connectivity index (χ1) is 16.1. The Hall–Kier alpha value is -3.32. The summed E-state index contributed by atoms with van der Waals surface area (Å²) in [6, 6.07) is 2.34. The summed E-state index contributed by atoms with van der Waals surface area (Å²) in [5.41, 5.74) is 11.0. The maximum Gasteiger partial charge on any atom is 0.326 e. The molecule has 3 atom stereocenters. The summed E-state index contributed by atoms with van der Waals surface area (Å²) in [6.45, 7) is -0.395. The highest BCUT2D eigenvalue weighted by molar-refractivity contribution is 7.98. The van der Waals surface area contributed by atoms with Gasteiger partial charge in [0.1, 0.15) is 23.9 Å². The van der Waals surface area contributed by atoms with Crippen molar-refractivity contribution in [3.05, 3.63) is 29.8 Å². The van der Waals surface area contributed by atoms with E-state index in [1.54, 1.807) is 18.4 Å². The largest absolute Gasteiger partial charge is 0.508 e. The van der Waals surface area contributed by atoms with Crippen LogP contribution in [-0.2, 0) is 30.4 Å². The molecule has 1 aromatic carbocycles. The Morgan fingerprint density at radius 2 is 1.53 bits per heavy atom. The fourth-order valence-corrected chi connectivity index (χ4v) is 3.39. The van der Waals surface area contributed by atoms with Crippen LogP contribution < -0.4 is 27.4 Å². The lowest BCUT2D eigenvalue weighted by molar-refractivity contribution is -0.142. The molecule has 0 saturated carbocycles. The smallest absolute Gasteiger partial charge is 0.326 e. The number of hydrogen-bond donors (Lipinski definition) is 7. The first-order valence-electron chi connectivity index (χ1n) is 10.5. The normalized spacial score (nSPS) is 13.2. The summed E-state index contributed by atoms with van der Waals surface area (Å²) in [5, 5.41) is 26.2. The van der Waals surface area contributed by atoms with Crippen LogP contribution in [0.15, 0.2) is 24.3 Å². The van der Waals surface area contributed by atoms with E-state index in [-0.39, 0.29) is 31.4 Å². The lowest BCUT2D eigenvalue weighted by Gasteiger charge is -2.24. The average molecular weight is 498 g/mol. The van der Waals surface area contributed by atoms with Gasteiger partial charge < -0.3 is 37.6 Å². The molecule has 0 aliphatic heterocycles. The van der Waals surface area contributed by atoms with Crippen LogP contribution in [0, 0.1) is 0 Å². The molecule has 1 rings (SSSR count). The number of phenols is 1. The van der Waals surface area contributed by atoms with Crippen molar-refractivity contribution in [1.82, 2.24) is 16.0 Å². The Labute approximate surface area is 201 Å². The number of benzene rings is 1. The van der Waals surface area contributed by atoms with Gasteiger partial charge >= 0.3 is 5.97 Å². The van der Waals surface area contributed by atoms with Crippen LogP contribution in [0.25, 0.3) is 0 Å². The fraction of sp³-hybridized carbons (Fsp3) is 0.476. The molecule has 0 fully saturated rings. The quantitative estimate of drug-likeness (QED) is 0.149. The van der Waals surface area contributed by atoms with Crippen molar-refractivity contribution in [3.63, 3.8) is 0 Å². The molecule has 0 aliphatic rings. The Bertz CT molecular complexity index is 866. The van der Waals surface area contributed by atoms with Gasteiger partial charge in [-0.3, -0.25) is 19.2 Å². The first kappa shape index (κ1) is 28.7. The third-order valence-corrected chi connectivity index (χ3v) is 5.39. The standard InChI is InChI=1S/C21H31N5O7S/c1-34-9-8-15(21(32)33)25-20(31)16(10-12-2-4-13(27)5-3-12)26-19(30)14(6-7-17(23)28)24-18(29)11-22/h2-5,14-16,27H,6-11,22H2,1H3,(H2,23,28)(H,24,29)(H,25,31)(H,26,30)(H,32,33). The van der Waals surface area contributed by atoms with Gasteiger partial charge in [-0.25, -0.2) is 4.79 Å². The fourth-order valence-electron chi connectivity index (χ4n) is 2.92. The number of nitrogens with two attached hydrogens (primary N) is 2. The van der Waals surface area contributed by atoms with Crippen molar-refractivity contribution in [2.75, 3.05) is 18.6 Å². The van der Waals surface area contributed by atoms with E-state index in [0.717, 1.165) is 0 Å². The zero-order chi connectivity index (χ0) is 25.7. The van der Waals surface area contributed by atoms with Gasteiger partial charge in [-0.05, 0) is 42.5 Å². The number of carbonyl (C=O) groups excluding carboxylic acids is 4. The Balaban J connectivity index is 3.10. The third-order valence-electron chi connectivity index (χ3n) is 4.75. The van der Waals surface area contributed by atoms with Gasteiger partial charge in [-0.2, -0.15) is 11.8 Å². The van der Waals surface area contributed by atoms with Gasteiger partial charge in [-0.1, -0.05) is 12.1 Å². The number of carboxylic acids is 1. The molecule has 1 aromatic rings. The minimum absolute atomic E-state index is 0.00723. The molecule has 0 heterocycles. The van der Waals surface area contributed by atoms with E-state index >= 15 is 0 Å². The molecular weight excluding hydrogens is 466 g/mol. The van der Waals surface area contributed by atoms with Crippen LogP contribution >= 0.6 is 11.8 Å². The number of carboxylic acid groups (broad SMARTS) is 1. The summed E-state index contributed by atoms with van der Waals surface area (Å²) >= 11 is 1.42. The van der Waals surface area contributed by atoms with E-state index in [2.05, 4.69) is 16.0 Å². The highest BCUT2D eigenvalue weighted by atomic mass is 32.2. The van der Waals surface area contributed by atoms with Crippen molar-refractivity contribution in [3.8, 4) is 5.75 Å². The van der Waals surface area contributed by atoms with Crippen LogP contribution in [0.4, 0.5) is 0 Å². The predicted octanol–water partition coefficient (Wildman–Crippen LogP) is -1.55. The first-order valence-corrected chi connectivity index (χ1v) is 11.8. The zero-order valence-corrected chi connectivity index (χ0v) is 19.6. The second kappa shape index (κ2) is 14.8. The summed E-state index contributed by atoms with van der Waals surface area (Å²) < 4.78 is 0. The van der Waals surface area contributed by atoms with Crippen molar-refractivity contribution in [2.45, 2.75) is 43.8 Å². The third kappa shape index (κ3) is 10.5. The van der Waals surface area contributed by atoms with Gasteiger partial charge in [-0.15, -0.1) is 0 Å². The molecule has 9 N–H and O–H groups in total. The van der Waals surface area contributed by atoms with Gasteiger partial charge in [0.05, 0.1) is 6.54 Å². The van der Waals surface area contributed by atoms with Gasteiger partial charge in [0.2, 0.25) is 23.6 Å². The summed E-state index contributed by atoms with van der Waals surface area (Å²) in [7, 11) is 0. The summed E-state index contributed by atoms with van der Waals surface area (Å²) in [6.07, 6.45) is 1.63.